The maximum atomic E-state index is 11.2. The summed E-state index contributed by atoms with van der Waals surface area (Å²) in [4.78, 5) is 11.2. The lowest BCUT2D eigenvalue weighted by Crippen LogP contribution is -2.02. The van der Waals surface area contributed by atoms with Crippen molar-refractivity contribution in [3.63, 3.8) is 0 Å². The molecule has 2 nitrogen and oxygen atoms in total. The van der Waals surface area contributed by atoms with Crippen molar-refractivity contribution in [2.75, 3.05) is 0 Å². The van der Waals surface area contributed by atoms with E-state index in [1.807, 2.05) is 13.0 Å². The van der Waals surface area contributed by atoms with Crippen LogP contribution in [0.2, 0.25) is 0 Å². The molecule has 0 aromatic heterocycles. The van der Waals surface area contributed by atoms with Gasteiger partial charge < -0.3 is 5.11 Å². The van der Waals surface area contributed by atoms with Crippen LogP contribution in [-0.4, -0.2) is 10.9 Å². The summed E-state index contributed by atoms with van der Waals surface area (Å²) in [7, 11) is 0. The van der Waals surface area contributed by atoms with E-state index >= 15 is 0 Å². The molecular weight excluding hydrogens is 164 g/mol. The number of Topliss-reactive ketones (excluding diaryl/α,β-unsaturated/α-hetero) is 1. The van der Waals surface area contributed by atoms with Crippen molar-refractivity contribution in [2.45, 2.75) is 26.9 Å². The Labute approximate surface area is 78.2 Å². The summed E-state index contributed by atoms with van der Waals surface area (Å²) in [5.41, 5.74) is 2.56. The average molecular weight is 178 g/mol. The van der Waals surface area contributed by atoms with Crippen LogP contribution in [0.5, 0.6) is 0 Å². The van der Waals surface area contributed by atoms with Crippen LogP contribution in [-0.2, 0) is 13.0 Å². The van der Waals surface area contributed by atoms with Gasteiger partial charge >= 0.3 is 0 Å². The van der Waals surface area contributed by atoms with Gasteiger partial charge in [0.05, 0.1) is 6.61 Å². The Bertz CT molecular complexity index is 316. The molecule has 0 fully saturated rings. The summed E-state index contributed by atoms with van der Waals surface area (Å²) < 4.78 is 0. The highest BCUT2D eigenvalue weighted by molar-refractivity contribution is 5.95. The van der Waals surface area contributed by atoms with Crippen molar-refractivity contribution >= 4 is 5.78 Å². The van der Waals surface area contributed by atoms with Crippen LogP contribution in [0, 0.1) is 0 Å². The molecule has 0 unspecified atom stereocenters. The molecule has 0 saturated carbocycles. The lowest BCUT2D eigenvalue weighted by molar-refractivity contribution is 0.101. The minimum absolute atomic E-state index is 0.00426. The molecule has 0 spiro atoms. The van der Waals surface area contributed by atoms with Crippen molar-refractivity contribution < 1.29 is 9.90 Å². The quantitative estimate of drug-likeness (QED) is 0.718. The highest BCUT2D eigenvalue weighted by atomic mass is 16.3. The van der Waals surface area contributed by atoms with Gasteiger partial charge in [0.25, 0.3) is 0 Å². The monoisotopic (exact) mass is 178 g/mol. The van der Waals surface area contributed by atoms with Gasteiger partial charge in [-0.2, -0.15) is 0 Å². The Morgan fingerprint density at radius 3 is 2.62 bits per heavy atom. The number of aliphatic hydroxyl groups excluding tert-OH is 1. The Morgan fingerprint density at radius 2 is 2.15 bits per heavy atom. The molecule has 0 heterocycles. The van der Waals surface area contributed by atoms with Crippen LogP contribution in [0.25, 0.3) is 0 Å². The zero-order valence-corrected chi connectivity index (χ0v) is 8.00. The summed E-state index contributed by atoms with van der Waals surface area (Å²) in [6, 6.07) is 5.47. The predicted molar refractivity (Wildman–Crippen MR) is 51.7 cm³/mol. The van der Waals surface area contributed by atoms with Gasteiger partial charge in [0, 0.05) is 5.56 Å². The first-order valence-electron chi connectivity index (χ1n) is 4.43. The molecule has 0 aliphatic rings. The Morgan fingerprint density at radius 1 is 1.46 bits per heavy atom. The molecule has 0 atom stereocenters. The minimum atomic E-state index is 0.00426. The molecule has 13 heavy (non-hydrogen) atoms. The van der Waals surface area contributed by atoms with E-state index in [1.54, 1.807) is 19.1 Å². The van der Waals surface area contributed by atoms with E-state index in [0.717, 1.165) is 23.1 Å². The maximum absolute atomic E-state index is 11.2. The van der Waals surface area contributed by atoms with Crippen molar-refractivity contribution in [2.24, 2.45) is 0 Å². The fraction of sp³-hybridized carbons (Fsp3) is 0.364. The summed E-state index contributed by atoms with van der Waals surface area (Å²) in [5.74, 6) is 0.0622. The molecule has 1 rings (SSSR count). The van der Waals surface area contributed by atoms with Crippen LogP contribution >= 0.6 is 0 Å². The van der Waals surface area contributed by atoms with Gasteiger partial charge in [-0.25, -0.2) is 0 Å². The number of rotatable bonds is 3. The van der Waals surface area contributed by atoms with E-state index in [2.05, 4.69) is 0 Å². The fourth-order valence-electron chi connectivity index (χ4n) is 1.53. The smallest absolute Gasteiger partial charge is 0.160 e. The summed E-state index contributed by atoms with van der Waals surface area (Å²) in [5, 5.41) is 9.04. The van der Waals surface area contributed by atoms with Gasteiger partial charge in [-0.1, -0.05) is 25.1 Å². The summed E-state index contributed by atoms with van der Waals surface area (Å²) in [6.07, 6.45) is 0.783. The van der Waals surface area contributed by atoms with E-state index in [-0.39, 0.29) is 12.4 Å². The molecule has 0 aliphatic carbocycles. The molecule has 1 aromatic carbocycles. The highest BCUT2D eigenvalue weighted by Gasteiger charge is 2.08. The van der Waals surface area contributed by atoms with Crippen molar-refractivity contribution in [1.82, 2.24) is 0 Å². The van der Waals surface area contributed by atoms with Crippen LogP contribution in [0.1, 0.15) is 35.3 Å². The second kappa shape index (κ2) is 4.19. The van der Waals surface area contributed by atoms with E-state index in [1.165, 1.54) is 0 Å². The molecule has 0 bridgehead atoms. The topological polar surface area (TPSA) is 37.3 Å². The van der Waals surface area contributed by atoms with Gasteiger partial charge in [-0.3, -0.25) is 4.79 Å². The third-order valence-electron chi connectivity index (χ3n) is 2.18. The zero-order chi connectivity index (χ0) is 9.84. The predicted octanol–water partition coefficient (Wildman–Crippen LogP) is 1.94. The van der Waals surface area contributed by atoms with Crippen molar-refractivity contribution in [3.05, 3.63) is 34.9 Å². The number of ketones is 1. The first kappa shape index (κ1) is 9.93. The van der Waals surface area contributed by atoms with Crippen LogP contribution in [0.15, 0.2) is 18.2 Å². The van der Waals surface area contributed by atoms with Gasteiger partial charge in [0.15, 0.2) is 5.78 Å². The first-order chi connectivity index (χ1) is 6.20. The van der Waals surface area contributed by atoms with Gasteiger partial charge in [-0.15, -0.1) is 0 Å². The van der Waals surface area contributed by atoms with Gasteiger partial charge in [-0.05, 0) is 24.5 Å². The maximum Gasteiger partial charge on any atom is 0.160 e. The first-order valence-corrected chi connectivity index (χ1v) is 4.43. The molecule has 1 aromatic rings. The summed E-state index contributed by atoms with van der Waals surface area (Å²) in [6.45, 7) is 3.54. The number of hydrogen-bond donors (Lipinski definition) is 1. The van der Waals surface area contributed by atoms with E-state index in [4.69, 9.17) is 5.11 Å². The lowest BCUT2D eigenvalue weighted by atomic mass is 9.97. The summed E-state index contributed by atoms with van der Waals surface area (Å²) >= 11 is 0. The van der Waals surface area contributed by atoms with E-state index in [0.29, 0.717) is 0 Å². The molecule has 0 saturated heterocycles. The van der Waals surface area contributed by atoms with Gasteiger partial charge in [0.2, 0.25) is 0 Å². The Kier molecular flexibility index (Phi) is 3.20. The van der Waals surface area contributed by atoms with E-state index < -0.39 is 0 Å². The third-order valence-corrected chi connectivity index (χ3v) is 2.18. The molecule has 70 valence electrons. The molecular formula is C11H14O2. The minimum Gasteiger partial charge on any atom is -0.392 e. The van der Waals surface area contributed by atoms with Crippen LogP contribution in [0.3, 0.4) is 0 Å². The largest absolute Gasteiger partial charge is 0.392 e. The normalized spacial score (nSPS) is 10.1. The van der Waals surface area contributed by atoms with Crippen molar-refractivity contribution in [1.29, 1.82) is 0 Å². The highest BCUT2D eigenvalue weighted by Crippen LogP contribution is 2.16. The Balaban J connectivity index is 3.27. The Hall–Kier alpha value is -1.15. The zero-order valence-electron chi connectivity index (χ0n) is 8.00. The SMILES string of the molecule is CCc1c(CO)cccc1C(C)=O. The fourth-order valence-corrected chi connectivity index (χ4v) is 1.53. The third kappa shape index (κ3) is 1.95. The number of benzene rings is 1. The standard InChI is InChI=1S/C11H14O2/c1-3-10-9(7-12)5-4-6-11(10)8(2)13/h4-6,12H,3,7H2,1-2H3. The van der Waals surface area contributed by atoms with Crippen molar-refractivity contribution in [3.8, 4) is 0 Å². The number of carbonyl (C=O) groups is 1. The number of aliphatic hydroxyl groups is 1. The molecule has 2 heteroatoms. The molecule has 1 N–H and O–H groups in total. The number of carbonyl (C=O) groups excluding carboxylic acids is 1. The average Bonchev–Trinajstić information content (AvgIpc) is 2.16. The van der Waals surface area contributed by atoms with Gasteiger partial charge in [0.1, 0.15) is 0 Å². The van der Waals surface area contributed by atoms with Crippen LogP contribution in [0.4, 0.5) is 0 Å². The lowest BCUT2D eigenvalue weighted by Gasteiger charge is -2.08. The molecule has 0 aliphatic heterocycles. The second-order valence-electron chi connectivity index (χ2n) is 3.01. The van der Waals surface area contributed by atoms with E-state index in [9.17, 15) is 4.79 Å². The van der Waals surface area contributed by atoms with Crippen LogP contribution < -0.4 is 0 Å². The molecule has 0 radical (unpaired) electrons. The molecule has 0 amide bonds. The second-order valence-corrected chi connectivity index (χ2v) is 3.01. The number of hydrogen-bond acceptors (Lipinski definition) is 2.